The number of benzene rings is 1. The summed E-state index contributed by atoms with van der Waals surface area (Å²) in [5.41, 5.74) is 1.30. The zero-order valence-corrected chi connectivity index (χ0v) is 9.30. The van der Waals surface area contributed by atoms with Crippen LogP contribution in [0.25, 0.3) is 0 Å². The van der Waals surface area contributed by atoms with Gasteiger partial charge in [-0.05, 0) is 36.8 Å². The molecule has 3 nitrogen and oxygen atoms in total. The quantitative estimate of drug-likeness (QED) is 0.812. The minimum Gasteiger partial charge on any atom is -0.299 e. The molecule has 0 aliphatic rings. The second-order valence-electron chi connectivity index (χ2n) is 3.74. The van der Waals surface area contributed by atoms with E-state index in [-0.39, 0.29) is 11.6 Å². The van der Waals surface area contributed by atoms with Crippen LogP contribution in [-0.2, 0) is 4.79 Å². The number of Topliss-reactive ketones (excluding diaryl/α,β-unsaturated/α-hetero) is 1. The highest BCUT2D eigenvalue weighted by atomic mass is 19.1. The Morgan fingerprint density at radius 3 is 2.47 bits per heavy atom. The van der Waals surface area contributed by atoms with Gasteiger partial charge in [0.1, 0.15) is 11.6 Å². The van der Waals surface area contributed by atoms with Crippen molar-refractivity contribution in [1.82, 2.24) is 10.2 Å². The SMILES string of the molecule is CC(=O)C(c1ccc(F)cc1)c1cccnn1. The minimum absolute atomic E-state index is 0.0443. The van der Waals surface area contributed by atoms with E-state index in [1.165, 1.54) is 19.1 Å². The number of nitrogens with zero attached hydrogens (tertiary/aromatic N) is 2. The molecule has 1 aromatic carbocycles. The van der Waals surface area contributed by atoms with E-state index in [1.54, 1.807) is 30.5 Å². The third-order valence-corrected chi connectivity index (χ3v) is 2.50. The van der Waals surface area contributed by atoms with E-state index in [4.69, 9.17) is 0 Å². The second kappa shape index (κ2) is 4.82. The molecule has 2 aromatic rings. The van der Waals surface area contributed by atoms with Crippen molar-refractivity contribution in [3.05, 3.63) is 59.7 Å². The molecule has 0 aliphatic carbocycles. The molecule has 0 amide bonds. The third-order valence-electron chi connectivity index (χ3n) is 2.50. The first-order valence-corrected chi connectivity index (χ1v) is 5.22. The van der Waals surface area contributed by atoms with Crippen LogP contribution in [0.2, 0.25) is 0 Å². The Hall–Kier alpha value is -2.10. The van der Waals surface area contributed by atoms with Crippen LogP contribution in [0, 0.1) is 5.82 Å². The zero-order chi connectivity index (χ0) is 12.3. The molecule has 0 N–H and O–H groups in total. The third kappa shape index (κ3) is 2.53. The number of carbonyl (C=O) groups excluding carboxylic acids is 1. The normalized spacial score (nSPS) is 12.1. The maximum Gasteiger partial charge on any atom is 0.143 e. The van der Waals surface area contributed by atoms with Gasteiger partial charge >= 0.3 is 0 Å². The zero-order valence-electron chi connectivity index (χ0n) is 9.30. The summed E-state index contributed by atoms with van der Waals surface area (Å²) in [5, 5.41) is 7.69. The lowest BCUT2D eigenvalue weighted by molar-refractivity contribution is -0.117. The van der Waals surface area contributed by atoms with E-state index in [1.807, 2.05) is 0 Å². The summed E-state index contributed by atoms with van der Waals surface area (Å²) in [7, 11) is 0. The summed E-state index contributed by atoms with van der Waals surface area (Å²) in [6.45, 7) is 1.49. The Balaban J connectivity index is 2.43. The van der Waals surface area contributed by atoms with Gasteiger partial charge in [-0.25, -0.2) is 4.39 Å². The molecule has 17 heavy (non-hydrogen) atoms. The molecule has 2 rings (SSSR count). The Morgan fingerprint density at radius 2 is 1.94 bits per heavy atom. The summed E-state index contributed by atoms with van der Waals surface area (Å²) >= 11 is 0. The molecule has 1 unspecified atom stereocenters. The van der Waals surface area contributed by atoms with E-state index in [0.717, 1.165) is 5.56 Å². The van der Waals surface area contributed by atoms with Gasteiger partial charge in [0.25, 0.3) is 0 Å². The molecule has 0 spiro atoms. The van der Waals surface area contributed by atoms with Gasteiger partial charge in [-0.1, -0.05) is 12.1 Å². The number of rotatable bonds is 3. The van der Waals surface area contributed by atoms with E-state index in [9.17, 15) is 9.18 Å². The van der Waals surface area contributed by atoms with Crippen LogP contribution in [0.15, 0.2) is 42.6 Å². The fourth-order valence-corrected chi connectivity index (χ4v) is 1.74. The van der Waals surface area contributed by atoms with Gasteiger partial charge in [-0.2, -0.15) is 10.2 Å². The van der Waals surface area contributed by atoms with Gasteiger partial charge in [0.05, 0.1) is 11.6 Å². The fraction of sp³-hybridized carbons (Fsp3) is 0.154. The predicted octanol–water partition coefficient (Wildman–Crippen LogP) is 2.34. The number of hydrogen-bond acceptors (Lipinski definition) is 3. The minimum atomic E-state index is -0.482. The smallest absolute Gasteiger partial charge is 0.143 e. The molecule has 1 heterocycles. The van der Waals surface area contributed by atoms with Gasteiger partial charge < -0.3 is 0 Å². The van der Waals surface area contributed by atoms with Gasteiger partial charge in [0, 0.05) is 6.20 Å². The lowest BCUT2D eigenvalue weighted by Crippen LogP contribution is -2.12. The first-order chi connectivity index (χ1) is 8.18. The first kappa shape index (κ1) is 11.4. The molecule has 0 aliphatic heterocycles. The first-order valence-electron chi connectivity index (χ1n) is 5.22. The Morgan fingerprint density at radius 1 is 1.24 bits per heavy atom. The van der Waals surface area contributed by atoms with E-state index < -0.39 is 5.92 Å². The van der Waals surface area contributed by atoms with Gasteiger partial charge in [0.15, 0.2) is 0 Å². The van der Waals surface area contributed by atoms with Crippen molar-refractivity contribution in [2.24, 2.45) is 0 Å². The van der Waals surface area contributed by atoms with E-state index >= 15 is 0 Å². The van der Waals surface area contributed by atoms with Crippen molar-refractivity contribution in [1.29, 1.82) is 0 Å². The molecule has 4 heteroatoms. The maximum absolute atomic E-state index is 12.8. The van der Waals surface area contributed by atoms with E-state index in [0.29, 0.717) is 5.69 Å². The monoisotopic (exact) mass is 230 g/mol. The maximum atomic E-state index is 12.8. The number of ketones is 1. The van der Waals surface area contributed by atoms with Crippen LogP contribution in [0.4, 0.5) is 4.39 Å². The molecule has 0 radical (unpaired) electrons. The highest BCUT2D eigenvalue weighted by Crippen LogP contribution is 2.23. The number of halogens is 1. The van der Waals surface area contributed by atoms with Crippen molar-refractivity contribution in [3.63, 3.8) is 0 Å². The van der Waals surface area contributed by atoms with Crippen molar-refractivity contribution in [2.75, 3.05) is 0 Å². The summed E-state index contributed by atoms with van der Waals surface area (Å²) in [6, 6.07) is 9.32. The molecule has 0 saturated carbocycles. The summed E-state index contributed by atoms with van der Waals surface area (Å²) in [5.74, 6) is -0.850. The number of aromatic nitrogens is 2. The predicted molar refractivity (Wildman–Crippen MR) is 61.0 cm³/mol. The number of carbonyl (C=O) groups is 1. The molecular formula is C13H11FN2O. The van der Waals surface area contributed by atoms with Crippen molar-refractivity contribution in [2.45, 2.75) is 12.8 Å². The van der Waals surface area contributed by atoms with E-state index in [2.05, 4.69) is 10.2 Å². The molecule has 86 valence electrons. The lowest BCUT2D eigenvalue weighted by atomic mass is 9.92. The van der Waals surface area contributed by atoms with Crippen LogP contribution in [0.1, 0.15) is 24.1 Å². The molecule has 0 fully saturated rings. The molecule has 0 bridgehead atoms. The van der Waals surface area contributed by atoms with Crippen molar-refractivity contribution in [3.8, 4) is 0 Å². The summed E-state index contributed by atoms with van der Waals surface area (Å²) < 4.78 is 12.8. The number of hydrogen-bond donors (Lipinski definition) is 0. The van der Waals surface area contributed by atoms with Gasteiger partial charge in [-0.3, -0.25) is 4.79 Å². The topological polar surface area (TPSA) is 42.9 Å². The highest BCUT2D eigenvalue weighted by Gasteiger charge is 2.20. The average molecular weight is 230 g/mol. The fourth-order valence-electron chi connectivity index (χ4n) is 1.74. The van der Waals surface area contributed by atoms with Crippen LogP contribution in [-0.4, -0.2) is 16.0 Å². The Labute approximate surface area is 98.3 Å². The van der Waals surface area contributed by atoms with Crippen LogP contribution < -0.4 is 0 Å². The average Bonchev–Trinajstić information content (AvgIpc) is 2.33. The lowest BCUT2D eigenvalue weighted by Gasteiger charge is -2.12. The molecule has 0 saturated heterocycles. The second-order valence-corrected chi connectivity index (χ2v) is 3.74. The summed E-state index contributed by atoms with van der Waals surface area (Å²) in [4.78, 5) is 11.7. The molecule has 1 aromatic heterocycles. The molecular weight excluding hydrogens is 219 g/mol. The van der Waals surface area contributed by atoms with Crippen molar-refractivity contribution >= 4 is 5.78 Å². The van der Waals surface area contributed by atoms with Crippen LogP contribution in [0.5, 0.6) is 0 Å². The van der Waals surface area contributed by atoms with Crippen molar-refractivity contribution < 1.29 is 9.18 Å². The standard InChI is InChI=1S/C13H11FN2O/c1-9(17)13(12-3-2-8-15-16-12)10-4-6-11(14)7-5-10/h2-8,13H,1H3. The largest absolute Gasteiger partial charge is 0.299 e. The highest BCUT2D eigenvalue weighted by molar-refractivity contribution is 5.86. The Bertz CT molecular complexity index is 511. The van der Waals surface area contributed by atoms with Gasteiger partial charge in [0.2, 0.25) is 0 Å². The Kier molecular flexibility index (Phi) is 3.23. The summed E-state index contributed by atoms with van der Waals surface area (Å²) in [6.07, 6.45) is 1.55. The van der Waals surface area contributed by atoms with Gasteiger partial charge in [-0.15, -0.1) is 0 Å². The van der Waals surface area contributed by atoms with Crippen LogP contribution >= 0.6 is 0 Å². The van der Waals surface area contributed by atoms with Crippen LogP contribution in [0.3, 0.4) is 0 Å². The molecule has 1 atom stereocenters.